The lowest BCUT2D eigenvalue weighted by Gasteiger charge is -2.40. The highest BCUT2D eigenvalue weighted by Crippen LogP contribution is 2.51. The normalized spacial score (nSPS) is 16.5. The molecule has 1 aliphatic carbocycles. The number of benzene rings is 4. The van der Waals surface area contributed by atoms with E-state index >= 15 is 0 Å². The average molecular weight is 604 g/mol. The Bertz CT molecular complexity index is 1950. The third-order valence-electron chi connectivity index (χ3n) is 8.81. The molecule has 3 N–H and O–H groups in total. The lowest BCUT2D eigenvalue weighted by Crippen LogP contribution is -2.52. The number of nitrogens with one attached hydrogen (secondary N) is 1. The molecular weight excluding hydrogens is 570 g/mol. The Kier molecular flexibility index (Phi) is 7.07. The number of pyridine rings is 1. The van der Waals surface area contributed by atoms with Crippen LogP contribution in [0.25, 0.3) is 22.0 Å². The molecule has 2 aliphatic rings. The fourth-order valence-corrected chi connectivity index (χ4v) is 7.64. The molecule has 1 saturated heterocycles. The first-order valence-electron chi connectivity index (χ1n) is 14.8. The summed E-state index contributed by atoms with van der Waals surface area (Å²) < 4.78 is 30.0. The number of piperazine rings is 1. The molecule has 222 valence electrons. The predicted octanol–water partition coefficient (Wildman–Crippen LogP) is 5.73. The van der Waals surface area contributed by atoms with Gasteiger partial charge in [-0.05, 0) is 66.9 Å². The molecule has 1 aromatic heterocycles. The first-order valence-corrected chi connectivity index (χ1v) is 16.3. The zero-order valence-corrected chi connectivity index (χ0v) is 25.0. The monoisotopic (exact) mass is 603 g/mol. The predicted molar refractivity (Wildman–Crippen MR) is 174 cm³/mol. The molecule has 4 aromatic carbocycles. The molecule has 1 amide bonds. The van der Waals surface area contributed by atoms with Gasteiger partial charge in [0.1, 0.15) is 0 Å². The molecule has 0 bridgehead atoms. The first-order chi connectivity index (χ1) is 21.3. The molecule has 7 rings (SSSR count). The number of anilines is 2. The maximum Gasteiger partial charge on any atom is 0.262 e. The van der Waals surface area contributed by atoms with Crippen LogP contribution in [0.1, 0.15) is 28.8 Å². The second kappa shape index (κ2) is 11.1. The maximum absolute atomic E-state index is 13.7. The van der Waals surface area contributed by atoms with Gasteiger partial charge in [0.25, 0.3) is 15.9 Å². The van der Waals surface area contributed by atoms with Crippen LogP contribution in [0.4, 0.5) is 11.4 Å². The van der Waals surface area contributed by atoms with Crippen LogP contribution in [0.15, 0.2) is 114 Å². The number of amides is 1. The SMILES string of the molecule is Nc1ccc(S(=O)(=O)Nc2ccc(C(=O)N3CCN(C4(c5ccccc5)CC4)CC3)cc2)c(-c2cccc3cccnc23)c1. The van der Waals surface area contributed by atoms with E-state index in [9.17, 15) is 13.2 Å². The van der Waals surface area contributed by atoms with Crippen molar-refractivity contribution in [3.63, 3.8) is 0 Å². The van der Waals surface area contributed by atoms with E-state index < -0.39 is 10.0 Å². The fourth-order valence-electron chi connectivity index (χ4n) is 6.38. The molecule has 8 nitrogen and oxygen atoms in total. The van der Waals surface area contributed by atoms with E-state index in [2.05, 4.69) is 38.9 Å². The number of aromatic nitrogens is 1. The van der Waals surface area contributed by atoms with Crippen LogP contribution in [0.3, 0.4) is 0 Å². The van der Waals surface area contributed by atoms with E-state index in [-0.39, 0.29) is 16.3 Å². The van der Waals surface area contributed by atoms with Crippen molar-refractivity contribution in [1.29, 1.82) is 0 Å². The van der Waals surface area contributed by atoms with Crippen molar-refractivity contribution >= 4 is 38.2 Å². The largest absolute Gasteiger partial charge is 0.399 e. The summed E-state index contributed by atoms with van der Waals surface area (Å²) in [6.07, 6.45) is 3.99. The Hall–Kier alpha value is -4.73. The molecule has 0 unspecified atom stereocenters. The van der Waals surface area contributed by atoms with E-state index in [1.807, 2.05) is 41.3 Å². The van der Waals surface area contributed by atoms with E-state index in [1.165, 1.54) is 11.6 Å². The number of hydrogen-bond donors (Lipinski definition) is 2. The Labute approximate surface area is 257 Å². The van der Waals surface area contributed by atoms with Gasteiger partial charge in [0.05, 0.1) is 10.4 Å². The molecule has 0 atom stereocenters. The van der Waals surface area contributed by atoms with Crippen molar-refractivity contribution in [2.45, 2.75) is 23.3 Å². The number of carbonyl (C=O) groups is 1. The number of para-hydroxylation sites is 1. The third kappa shape index (κ3) is 5.18. The van der Waals surface area contributed by atoms with E-state index in [4.69, 9.17) is 5.73 Å². The molecule has 2 fully saturated rings. The van der Waals surface area contributed by atoms with Gasteiger partial charge < -0.3 is 10.6 Å². The number of carbonyl (C=O) groups excluding carboxylic acids is 1. The number of nitrogens with zero attached hydrogens (tertiary/aromatic N) is 3. The average Bonchev–Trinajstić information content (AvgIpc) is 3.87. The van der Waals surface area contributed by atoms with Gasteiger partial charge in [-0.1, -0.05) is 54.6 Å². The number of nitrogens with two attached hydrogens (primary N) is 1. The molecule has 0 spiro atoms. The number of sulfonamides is 1. The van der Waals surface area contributed by atoms with Gasteiger partial charge in [0, 0.05) is 71.4 Å². The summed E-state index contributed by atoms with van der Waals surface area (Å²) in [7, 11) is -4.00. The van der Waals surface area contributed by atoms with Crippen molar-refractivity contribution < 1.29 is 13.2 Å². The van der Waals surface area contributed by atoms with Crippen molar-refractivity contribution in [2.75, 3.05) is 36.6 Å². The van der Waals surface area contributed by atoms with Crippen LogP contribution in [-0.2, 0) is 15.6 Å². The van der Waals surface area contributed by atoms with Gasteiger partial charge in [0.15, 0.2) is 0 Å². The summed E-state index contributed by atoms with van der Waals surface area (Å²) in [5, 5.41) is 0.897. The Balaban J connectivity index is 1.06. The molecular formula is C35H33N5O3S. The maximum atomic E-state index is 13.7. The number of hydrogen-bond acceptors (Lipinski definition) is 6. The zero-order valence-electron chi connectivity index (χ0n) is 24.2. The minimum Gasteiger partial charge on any atom is -0.399 e. The number of nitrogen functional groups attached to an aromatic ring is 1. The van der Waals surface area contributed by atoms with Crippen molar-refractivity contribution in [3.05, 3.63) is 120 Å². The summed E-state index contributed by atoms with van der Waals surface area (Å²) in [6, 6.07) is 31.4. The van der Waals surface area contributed by atoms with Crippen LogP contribution in [0.2, 0.25) is 0 Å². The Morgan fingerprint density at radius 2 is 1.52 bits per heavy atom. The van der Waals surface area contributed by atoms with Crippen LogP contribution >= 0.6 is 0 Å². The second-order valence-electron chi connectivity index (χ2n) is 11.5. The van der Waals surface area contributed by atoms with E-state index in [1.54, 1.807) is 42.6 Å². The van der Waals surface area contributed by atoms with Gasteiger partial charge >= 0.3 is 0 Å². The quantitative estimate of drug-likeness (QED) is 0.230. The minimum absolute atomic E-state index is 0.0482. The fraction of sp³-hybridized carbons (Fsp3) is 0.200. The van der Waals surface area contributed by atoms with Crippen molar-refractivity contribution in [3.8, 4) is 11.1 Å². The van der Waals surface area contributed by atoms with Crippen molar-refractivity contribution in [2.24, 2.45) is 0 Å². The van der Waals surface area contributed by atoms with Crippen molar-refractivity contribution in [1.82, 2.24) is 14.8 Å². The smallest absolute Gasteiger partial charge is 0.262 e. The summed E-state index contributed by atoms with van der Waals surface area (Å²) in [6.45, 7) is 2.97. The van der Waals surface area contributed by atoms with Crippen LogP contribution in [0, 0.1) is 0 Å². The Morgan fingerprint density at radius 1 is 0.795 bits per heavy atom. The lowest BCUT2D eigenvalue weighted by atomic mass is 10.0. The van der Waals surface area contributed by atoms with Gasteiger partial charge in [-0.3, -0.25) is 19.4 Å². The number of rotatable bonds is 7. The zero-order chi connectivity index (χ0) is 30.3. The standard InChI is InChI=1S/C35H33N5O3S/c36-28-13-16-32(31(24-28)30-10-4-6-25-7-5-19-37-33(25)30)44(42,43)38-29-14-11-26(12-15-29)34(41)39-20-22-40(23-21-39)35(17-18-35)27-8-2-1-3-9-27/h1-16,19,24,38H,17-18,20-23,36H2. The molecule has 44 heavy (non-hydrogen) atoms. The van der Waals surface area contributed by atoms with Gasteiger partial charge in [-0.15, -0.1) is 0 Å². The van der Waals surface area contributed by atoms with Gasteiger partial charge in [0.2, 0.25) is 0 Å². The lowest BCUT2D eigenvalue weighted by molar-refractivity contribution is 0.0531. The summed E-state index contributed by atoms with van der Waals surface area (Å²) in [5.41, 5.74) is 10.7. The summed E-state index contributed by atoms with van der Waals surface area (Å²) in [5.74, 6) is -0.0482. The van der Waals surface area contributed by atoms with E-state index in [0.29, 0.717) is 46.7 Å². The van der Waals surface area contributed by atoms with Gasteiger partial charge in [-0.2, -0.15) is 0 Å². The topological polar surface area (TPSA) is 109 Å². The molecule has 5 aromatic rings. The Morgan fingerprint density at radius 3 is 2.25 bits per heavy atom. The van der Waals surface area contributed by atoms with Crippen LogP contribution in [0.5, 0.6) is 0 Å². The molecule has 2 heterocycles. The molecule has 1 saturated carbocycles. The van der Waals surface area contributed by atoms with E-state index in [0.717, 1.165) is 31.3 Å². The highest BCUT2D eigenvalue weighted by Gasteiger charge is 2.49. The van der Waals surface area contributed by atoms with Gasteiger partial charge in [-0.25, -0.2) is 8.42 Å². The molecule has 0 radical (unpaired) electrons. The van der Waals surface area contributed by atoms with Crippen LogP contribution in [-0.4, -0.2) is 55.3 Å². The molecule has 1 aliphatic heterocycles. The first kappa shape index (κ1) is 28.1. The summed E-state index contributed by atoms with van der Waals surface area (Å²) >= 11 is 0. The molecule has 9 heteroatoms. The number of fused-ring (bicyclic) bond motifs is 1. The third-order valence-corrected chi connectivity index (χ3v) is 10.2. The van der Waals surface area contributed by atoms with Crippen LogP contribution < -0.4 is 10.5 Å². The highest BCUT2D eigenvalue weighted by molar-refractivity contribution is 7.92. The summed E-state index contributed by atoms with van der Waals surface area (Å²) in [4.78, 5) is 22.3. The second-order valence-corrected chi connectivity index (χ2v) is 13.1. The minimum atomic E-state index is -4.00. The highest BCUT2D eigenvalue weighted by atomic mass is 32.2.